The molecule has 6 heteroatoms. The van der Waals surface area contributed by atoms with Crippen molar-refractivity contribution in [2.45, 2.75) is 12.8 Å². The van der Waals surface area contributed by atoms with E-state index in [2.05, 4.69) is 5.10 Å². The number of esters is 1. The number of amides is 1. The predicted octanol–water partition coefficient (Wildman–Crippen LogP) is 1.29. The van der Waals surface area contributed by atoms with Crippen LogP contribution in [0.25, 0.3) is 5.69 Å². The highest BCUT2D eigenvalue weighted by molar-refractivity contribution is 5.88. The van der Waals surface area contributed by atoms with Crippen molar-refractivity contribution in [2.75, 3.05) is 6.61 Å². The van der Waals surface area contributed by atoms with Gasteiger partial charge in [-0.3, -0.25) is 4.79 Å². The molecule has 0 bridgehead atoms. The number of nitrogens with two attached hydrogens (primary N) is 1. The van der Waals surface area contributed by atoms with Gasteiger partial charge in [0.2, 0.25) is 5.91 Å². The molecule has 1 aromatic carbocycles. The molecular formula is C14H15N3O3. The zero-order valence-corrected chi connectivity index (χ0v) is 10.9. The second kappa shape index (κ2) is 6.51. The van der Waals surface area contributed by atoms with E-state index in [0.29, 0.717) is 12.0 Å². The number of hydrogen-bond donors (Lipinski definition) is 1. The summed E-state index contributed by atoms with van der Waals surface area (Å²) in [4.78, 5) is 22.3. The first-order valence-electron chi connectivity index (χ1n) is 6.22. The van der Waals surface area contributed by atoms with Gasteiger partial charge in [0, 0.05) is 12.6 Å². The summed E-state index contributed by atoms with van der Waals surface area (Å²) in [5.74, 6) is -0.866. The van der Waals surface area contributed by atoms with Crippen LogP contribution in [0.1, 0.15) is 23.2 Å². The first kappa shape index (κ1) is 13.8. The zero-order valence-electron chi connectivity index (χ0n) is 10.9. The van der Waals surface area contributed by atoms with Crippen LogP contribution >= 0.6 is 0 Å². The normalized spacial score (nSPS) is 10.2. The quantitative estimate of drug-likeness (QED) is 0.634. The van der Waals surface area contributed by atoms with Gasteiger partial charge in [0.1, 0.15) is 0 Å². The van der Waals surface area contributed by atoms with Crippen LogP contribution in [0, 0.1) is 0 Å². The lowest BCUT2D eigenvalue weighted by molar-refractivity contribution is -0.118. The molecule has 0 atom stereocenters. The van der Waals surface area contributed by atoms with E-state index in [1.165, 1.54) is 6.20 Å². The Morgan fingerprint density at radius 1 is 1.25 bits per heavy atom. The fourth-order valence-electron chi connectivity index (χ4n) is 1.64. The molecule has 0 spiro atoms. The number of aromatic nitrogens is 2. The third kappa shape index (κ3) is 3.68. The minimum absolute atomic E-state index is 0.165. The van der Waals surface area contributed by atoms with Gasteiger partial charge < -0.3 is 10.5 Å². The Bertz CT molecular complexity index is 593. The van der Waals surface area contributed by atoms with E-state index in [1.807, 2.05) is 30.3 Å². The molecule has 2 aromatic rings. The lowest BCUT2D eigenvalue weighted by atomic mass is 10.3. The molecule has 20 heavy (non-hydrogen) atoms. The smallest absolute Gasteiger partial charge is 0.341 e. The van der Waals surface area contributed by atoms with Gasteiger partial charge in [-0.2, -0.15) is 5.10 Å². The van der Waals surface area contributed by atoms with Crippen molar-refractivity contribution < 1.29 is 14.3 Å². The second-order valence-electron chi connectivity index (χ2n) is 4.21. The molecular weight excluding hydrogens is 258 g/mol. The fourth-order valence-corrected chi connectivity index (χ4v) is 1.64. The van der Waals surface area contributed by atoms with Crippen molar-refractivity contribution in [1.29, 1.82) is 0 Å². The van der Waals surface area contributed by atoms with E-state index in [4.69, 9.17) is 10.5 Å². The van der Waals surface area contributed by atoms with Crippen LogP contribution in [0.5, 0.6) is 0 Å². The molecule has 0 aliphatic rings. The standard InChI is InChI=1S/C14H15N3O3/c15-13(18)7-4-8-20-14(19)11-9-16-17(10-11)12-5-2-1-3-6-12/h1-3,5-6,9-10H,4,7-8H2,(H2,15,18). The van der Waals surface area contributed by atoms with Crippen molar-refractivity contribution >= 4 is 11.9 Å². The SMILES string of the molecule is NC(=O)CCCOC(=O)c1cnn(-c2ccccc2)c1. The van der Waals surface area contributed by atoms with Crippen LogP contribution in [-0.4, -0.2) is 28.3 Å². The molecule has 1 heterocycles. The summed E-state index contributed by atoms with van der Waals surface area (Å²) in [6.45, 7) is 0.165. The first-order chi connectivity index (χ1) is 9.66. The Morgan fingerprint density at radius 2 is 2.00 bits per heavy atom. The van der Waals surface area contributed by atoms with Gasteiger partial charge >= 0.3 is 5.97 Å². The van der Waals surface area contributed by atoms with Crippen molar-refractivity contribution in [3.05, 3.63) is 48.3 Å². The van der Waals surface area contributed by atoms with E-state index in [1.54, 1.807) is 10.9 Å². The van der Waals surface area contributed by atoms with Gasteiger partial charge in [-0.05, 0) is 18.6 Å². The highest BCUT2D eigenvalue weighted by Crippen LogP contribution is 2.08. The number of hydrogen-bond acceptors (Lipinski definition) is 4. The molecule has 6 nitrogen and oxygen atoms in total. The topological polar surface area (TPSA) is 87.2 Å². The van der Waals surface area contributed by atoms with Gasteiger partial charge in [-0.1, -0.05) is 18.2 Å². The van der Waals surface area contributed by atoms with Crippen molar-refractivity contribution in [3.63, 3.8) is 0 Å². The Hall–Kier alpha value is -2.63. The summed E-state index contributed by atoms with van der Waals surface area (Å²) in [6.07, 6.45) is 3.68. The minimum Gasteiger partial charge on any atom is -0.462 e. The average Bonchev–Trinajstić information content (AvgIpc) is 2.94. The molecule has 0 unspecified atom stereocenters. The van der Waals surface area contributed by atoms with E-state index in [-0.39, 0.29) is 13.0 Å². The predicted molar refractivity (Wildman–Crippen MR) is 72.3 cm³/mol. The van der Waals surface area contributed by atoms with Crippen LogP contribution < -0.4 is 5.73 Å². The summed E-state index contributed by atoms with van der Waals surface area (Å²) in [5.41, 5.74) is 6.23. The van der Waals surface area contributed by atoms with E-state index in [9.17, 15) is 9.59 Å². The Morgan fingerprint density at radius 3 is 2.70 bits per heavy atom. The number of primary amides is 1. The summed E-state index contributed by atoms with van der Waals surface area (Å²) in [7, 11) is 0. The fraction of sp³-hybridized carbons (Fsp3) is 0.214. The largest absolute Gasteiger partial charge is 0.462 e. The van der Waals surface area contributed by atoms with Crippen LogP contribution in [0.15, 0.2) is 42.7 Å². The summed E-state index contributed by atoms with van der Waals surface area (Å²) in [5, 5.41) is 4.11. The van der Waals surface area contributed by atoms with Crippen molar-refractivity contribution in [1.82, 2.24) is 9.78 Å². The molecule has 0 fully saturated rings. The molecule has 2 N–H and O–H groups in total. The van der Waals surface area contributed by atoms with Gasteiger partial charge in [0.25, 0.3) is 0 Å². The van der Waals surface area contributed by atoms with Crippen molar-refractivity contribution in [2.24, 2.45) is 5.73 Å². The number of nitrogens with zero attached hydrogens (tertiary/aromatic N) is 2. The highest BCUT2D eigenvalue weighted by Gasteiger charge is 2.10. The summed E-state index contributed by atoms with van der Waals surface area (Å²) >= 11 is 0. The molecule has 0 aliphatic heterocycles. The number of benzene rings is 1. The average molecular weight is 273 g/mol. The minimum atomic E-state index is -0.461. The number of para-hydroxylation sites is 1. The highest BCUT2D eigenvalue weighted by atomic mass is 16.5. The Balaban J connectivity index is 1.92. The molecule has 0 saturated carbocycles. The molecule has 2 rings (SSSR count). The van der Waals surface area contributed by atoms with E-state index in [0.717, 1.165) is 5.69 Å². The monoisotopic (exact) mass is 273 g/mol. The van der Waals surface area contributed by atoms with E-state index < -0.39 is 11.9 Å². The van der Waals surface area contributed by atoms with Gasteiger partial charge in [-0.25, -0.2) is 9.48 Å². The van der Waals surface area contributed by atoms with Gasteiger partial charge in [0.05, 0.1) is 24.1 Å². The molecule has 1 amide bonds. The van der Waals surface area contributed by atoms with Crippen LogP contribution in [0.3, 0.4) is 0 Å². The van der Waals surface area contributed by atoms with Gasteiger partial charge in [0.15, 0.2) is 0 Å². The zero-order chi connectivity index (χ0) is 14.4. The van der Waals surface area contributed by atoms with Crippen LogP contribution in [0.2, 0.25) is 0 Å². The molecule has 0 saturated heterocycles. The molecule has 0 radical (unpaired) electrons. The summed E-state index contributed by atoms with van der Waals surface area (Å²) in [6, 6.07) is 9.45. The maximum absolute atomic E-state index is 11.7. The molecule has 104 valence electrons. The summed E-state index contributed by atoms with van der Waals surface area (Å²) < 4.78 is 6.62. The van der Waals surface area contributed by atoms with Gasteiger partial charge in [-0.15, -0.1) is 0 Å². The lowest BCUT2D eigenvalue weighted by Crippen LogP contribution is -2.12. The second-order valence-corrected chi connectivity index (χ2v) is 4.21. The molecule has 1 aromatic heterocycles. The number of carbonyl (C=O) groups excluding carboxylic acids is 2. The lowest BCUT2D eigenvalue weighted by Gasteiger charge is -2.01. The number of ether oxygens (including phenoxy) is 1. The Labute approximate surface area is 116 Å². The van der Waals surface area contributed by atoms with Crippen LogP contribution in [0.4, 0.5) is 0 Å². The third-order valence-electron chi connectivity index (χ3n) is 2.64. The molecule has 0 aliphatic carbocycles. The number of carbonyl (C=O) groups is 2. The number of rotatable bonds is 6. The van der Waals surface area contributed by atoms with Crippen LogP contribution in [-0.2, 0) is 9.53 Å². The maximum atomic E-state index is 11.7. The Kier molecular flexibility index (Phi) is 4.49. The van der Waals surface area contributed by atoms with Crippen molar-refractivity contribution in [3.8, 4) is 5.69 Å². The van der Waals surface area contributed by atoms with E-state index >= 15 is 0 Å². The third-order valence-corrected chi connectivity index (χ3v) is 2.64. The maximum Gasteiger partial charge on any atom is 0.341 e. The first-order valence-corrected chi connectivity index (χ1v) is 6.22.